The summed E-state index contributed by atoms with van der Waals surface area (Å²) in [4.78, 5) is 68.1. The van der Waals surface area contributed by atoms with Crippen LogP contribution in [0.25, 0.3) is 0 Å². The highest BCUT2D eigenvalue weighted by molar-refractivity contribution is 5.95. The summed E-state index contributed by atoms with van der Waals surface area (Å²) in [5.74, 6) is -3.72. The van der Waals surface area contributed by atoms with Crippen LogP contribution in [0.15, 0.2) is 4.99 Å². The highest BCUT2D eigenvalue weighted by atomic mass is 16.4. The first-order valence-electron chi connectivity index (χ1n) is 11.3. The molecule has 0 aromatic rings. The third kappa shape index (κ3) is 7.04. The largest absolute Gasteiger partial charge is 0.480 e. The van der Waals surface area contributed by atoms with E-state index in [-0.39, 0.29) is 17.8 Å². The number of nitrogens with zero attached hydrogens (tertiary/aromatic N) is 3. The first-order chi connectivity index (χ1) is 16.0. The molecule has 2 aliphatic rings. The minimum absolute atomic E-state index is 0.0430. The molecule has 0 aliphatic carbocycles. The molecule has 4 unspecified atom stereocenters. The molecule has 2 saturated heterocycles. The maximum Gasteiger partial charge on any atom is 0.326 e. The number of carbonyl (C=O) groups excluding carboxylic acids is 4. The van der Waals surface area contributed by atoms with Crippen LogP contribution in [-0.2, 0) is 24.0 Å². The van der Waals surface area contributed by atoms with Gasteiger partial charge in [-0.1, -0.05) is 0 Å². The molecule has 2 fully saturated rings. The van der Waals surface area contributed by atoms with Crippen LogP contribution in [0.1, 0.15) is 44.9 Å². The lowest BCUT2D eigenvalue weighted by Gasteiger charge is -2.32. The molecule has 0 aromatic heterocycles. The maximum absolute atomic E-state index is 13.3. The summed E-state index contributed by atoms with van der Waals surface area (Å²) in [6.45, 7) is 1.01. The Morgan fingerprint density at radius 3 is 2.21 bits per heavy atom. The van der Waals surface area contributed by atoms with Crippen LogP contribution < -0.4 is 28.3 Å². The fourth-order valence-electron chi connectivity index (χ4n) is 4.31. The van der Waals surface area contributed by atoms with E-state index in [0.717, 1.165) is 0 Å². The Morgan fingerprint density at radius 2 is 1.62 bits per heavy atom. The van der Waals surface area contributed by atoms with Gasteiger partial charge in [0, 0.05) is 19.6 Å². The Hall–Kier alpha value is -3.42. The smallest absolute Gasteiger partial charge is 0.326 e. The average Bonchev–Trinajstić information content (AvgIpc) is 3.44. The molecule has 14 heteroatoms. The zero-order valence-electron chi connectivity index (χ0n) is 19.0. The Morgan fingerprint density at radius 1 is 1.00 bits per heavy atom. The van der Waals surface area contributed by atoms with Crippen molar-refractivity contribution in [3.63, 3.8) is 0 Å². The van der Waals surface area contributed by atoms with Crippen LogP contribution >= 0.6 is 0 Å². The zero-order chi connectivity index (χ0) is 25.4. The lowest BCUT2D eigenvalue weighted by atomic mass is 10.1. The van der Waals surface area contributed by atoms with Gasteiger partial charge in [-0.2, -0.15) is 0 Å². The number of rotatable bonds is 11. The summed E-state index contributed by atoms with van der Waals surface area (Å²) in [7, 11) is 0. The van der Waals surface area contributed by atoms with Crippen molar-refractivity contribution in [2.24, 2.45) is 27.9 Å². The number of carboxylic acid groups (broad SMARTS) is 1. The molecule has 0 spiro atoms. The SMILES string of the molecule is NC(=O)CC(NC(=O)C1CCCN1C(=O)C1CCCN1C(=O)C(N)CCCN=C(N)N)C(=O)O. The minimum atomic E-state index is -1.48. The second kappa shape index (κ2) is 12.2. The quantitative estimate of drug-likeness (QED) is 0.0984. The molecule has 4 amide bonds. The first-order valence-corrected chi connectivity index (χ1v) is 11.3. The number of aliphatic imine (C=N–C) groups is 1. The van der Waals surface area contributed by atoms with Crippen molar-refractivity contribution >= 4 is 35.6 Å². The number of nitrogens with one attached hydrogen (secondary N) is 1. The van der Waals surface area contributed by atoms with Crippen molar-refractivity contribution in [3.05, 3.63) is 0 Å². The number of aliphatic carboxylic acids is 1. The Bertz CT molecular complexity index is 830. The molecule has 2 rings (SSSR count). The van der Waals surface area contributed by atoms with Crippen LogP contribution in [0.4, 0.5) is 0 Å². The molecule has 2 heterocycles. The molecule has 2 aliphatic heterocycles. The molecule has 0 saturated carbocycles. The van der Waals surface area contributed by atoms with Gasteiger partial charge in [0.25, 0.3) is 0 Å². The van der Waals surface area contributed by atoms with Gasteiger partial charge in [-0.15, -0.1) is 0 Å². The third-order valence-corrected chi connectivity index (χ3v) is 5.96. The van der Waals surface area contributed by atoms with Crippen LogP contribution in [0.3, 0.4) is 0 Å². The van der Waals surface area contributed by atoms with Crippen LogP contribution in [0.5, 0.6) is 0 Å². The van der Waals surface area contributed by atoms with Gasteiger partial charge < -0.3 is 43.2 Å². The molecular weight excluding hydrogens is 448 g/mol. The average molecular weight is 483 g/mol. The molecule has 0 aromatic carbocycles. The second-order valence-electron chi connectivity index (χ2n) is 8.50. The lowest BCUT2D eigenvalue weighted by Crippen LogP contribution is -2.56. The third-order valence-electron chi connectivity index (χ3n) is 5.96. The normalized spacial score (nSPS) is 21.6. The summed E-state index contributed by atoms with van der Waals surface area (Å²) >= 11 is 0. The van der Waals surface area contributed by atoms with E-state index in [4.69, 9.17) is 22.9 Å². The van der Waals surface area contributed by atoms with Crippen LogP contribution in [0.2, 0.25) is 0 Å². The van der Waals surface area contributed by atoms with E-state index in [0.29, 0.717) is 58.2 Å². The molecule has 0 bridgehead atoms. The van der Waals surface area contributed by atoms with Gasteiger partial charge in [0.1, 0.15) is 18.1 Å². The fourth-order valence-corrected chi connectivity index (χ4v) is 4.31. The molecule has 190 valence electrons. The van der Waals surface area contributed by atoms with E-state index < -0.39 is 48.4 Å². The number of amides is 4. The van der Waals surface area contributed by atoms with E-state index in [9.17, 15) is 29.1 Å². The van der Waals surface area contributed by atoms with E-state index in [1.54, 1.807) is 0 Å². The topological polar surface area (TPSA) is 241 Å². The molecule has 0 radical (unpaired) electrons. The Balaban J connectivity index is 2.02. The summed E-state index contributed by atoms with van der Waals surface area (Å²) < 4.78 is 0. The van der Waals surface area contributed by atoms with Gasteiger partial charge in [-0.25, -0.2) is 4.79 Å². The number of likely N-dealkylation sites (tertiary alicyclic amines) is 2. The Labute approximate surface area is 197 Å². The number of hydrogen-bond acceptors (Lipinski definition) is 7. The van der Waals surface area contributed by atoms with Crippen molar-refractivity contribution in [2.45, 2.75) is 69.1 Å². The summed E-state index contributed by atoms with van der Waals surface area (Å²) in [5.41, 5.74) is 21.7. The monoisotopic (exact) mass is 482 g/mol. The van der Waals surface area contributed by atoms with E-state index >= 15 is 0 Å². The van der Waals surface area contributed by atoms with E-state index in [2.05, 4.69) is 10.3 Å². The van der Waals surface area contributed by atoms with Crippen LogP contribution in [-0.4, -0.2) is 94.3 Å². The van der Waals surface area contributed by atoms with E-state index in [1.165, 1.54) is 9.80 Å². The van der Waals surface area contributed by atoms with Gasteiger partial charge in [-0.3, -0.25) is 24.2 Å². The number of carboxylic acids is 1. The number of primary amides is 1. The molecular formula is C20H34N8O6. The van der Waals surface area contributed by atoms with Crippen molar-refractivity contribution in [1.29, 1.82) is 0 Å². The maximum atomic E-state index is 13.3. The highest BCUT2D eigenvalue weighted by Gasteiger charge is 2.43. The number of carbonyl (C=O) groups is 5. The molecule has 4 atom stereocenters. The van der Waals surface area contributed by atoms with Gasteiger partial charge in [0.2, 0.25) is 23.6 Å². The predicted octanol–water partition coefficient (Wildman–Crippen LogP) is -3.21. The van der Waals surface area contributed by atoms with Gasteiger partial charge >= 0.3 is 5.97 Å². The predicted molar refractivity (Wildman–Crippen MR) is 121 cm³/mol. The van der Waals surface area contributed by atoms with Gasteiger partial charge in [-0.05, 0) is 38.5 Å². The second-order valence-corrected chi connectivity index (χ2v) is 8.50. The van der Waals surface area contributed by atoms with Crippen molar-refractivity contribution in [3.8, 4) is 0 Å². The Kier molecular flexibility index (Phi) is 9.59. The van der Waals surface area contributed by atoms with Crippen LogP contribution in [0, 0.1) is 0 Å². The van der Waals surface area contributed by atoms with Crippen molar-refractivity contribution in [2.75, 3.05) is 19.6 Å². The number of guanidine groups is 1. The van der Waals surface area contributed by atoms with Gasteiger partial charge in [0.05, 0.1) is 12.5 Å². The summed E-state index contributed by atoms with van der Waals surface area (Å²) in [5, 5.41) is 11.5. The highest BCUT2D eigenvalue weighted by Crippen LogP contribution is 2.26. The van der Waals surface area contributed by atoms with Crippen molar-refractivity contribution in [1.82, 2.24) is 15.1 Å². The summed E-state index contributed by atoms with van der Waals surface area (Å²) in [6, 6.07) is -3.94. The first kappa shape index (κ1) is 26.8. The molecule has 34 heavy (non-hydrogen) atoms. The number of hydrogen-bond donors (Lipinski definition) is 6. The fraction of sp³-hybridized carbons (Fsp3) is 0.700. The standard InChI is InChI=1S/C20H34N8O6/c21-11(4-1-7-25-20(23)24)17(31)28-9-3-6-14(28)18(32)27-8-2-5-13(27)16(30)26-12(19(33)34)10-15(22)29/h11-14H,1-10,21H2,(H2,22,29)(H,26,30)(H,33,34)(H4,23,24,25). The van der Waals surface area contributed by atoms with Crippen molar-refractivity contribution < 1.29 is 29.1 Å². The number of nitrogens with two attached hydrogens (primary N) is 4. The lowest BCUT2D eigenvalue weighted by molar-refractivity contribution is -0.148. The van der Waals surface area contributed by atoms with Gasteiger partial charge in [0.15, 0.2) is 5.96 Å². The molecule has 14 nitrogen and oxygen atoms in total. The zero-order valence-corrected chi connectivity index (χ0v) is 19.0. The van der Waals surface area contributed by atoms with E-state index in [1.807, 2.05) is 0 Å². The summed E-state index contributed by atoms with van der Waals surface area (Å²) in [6.07, 6.45) is 2.23. The molecule has 10 N–H and O–H groups in total. The minimum Gasteiger partial charge on any atom is -0.480 e.